The van der Waals surface area contributed by atoms with E-state index < -0.39 is 0 Å². The number of piperidine rings is 1. The van der Waals surface area contributed by atoms with Crippen LogP contribution in [0.15, 0.2) is 46.9 Å². The van der Waals surface area contributed by atoms with Crippen molar-refractivity contribution in [3.05, 3.63) is 46.8 Å². The van der Waals surface area contributed by atoms with Crippen molar-refractivity contribution in [2.75, 3.05) is 57.8 Å². The number of hydrogen-bond acceptors (Lipinski definition) is 5. The van der Waals surface area contributed by atoms with Crippen LogP contribution in [0.25, 0.3) is 0 Å². The Bertz CT molecular complexity index is 792. The molecule has 0 aliphatic carbocycles. The summed E-state index contributed by atoms with van der Waals surface area (Å²) < 4.78 is 0. The van der Waals surface area contributed by atoms with E-state index in [1.807, 2.05) is 23.6 Å². The van der Waals surface area contributed by atoms with Crippen LogP contribution in [0.4, 0.5) is 5.82 Å². The number of nitrogens with one attached hydrogen (secondary N) is 1. The molecule has 0 saturated carbocycles. The molecule has 8 heteroatoms. The summed E-state index contributed by atoms with van der Waals surface area (Å²) in [7, 11) is 2.27. The number of guanidine groups is 1. The van der Waals surface area contributed by atoms with Gasteiger partial charge in [0.25, 0.3) is 0 Å². The number of aliphatic imine (C=N–C) groups is 1. The van der Waals surface area contributed by atoms with Gasteiger partial charge in [0.15, 0.2) is 5.96 Å². The monoisotopic (exact) mass is 554 g/mol. The second-order valence-corrected chi connectivity index (χ2v) is 9.18. The molecule has 2 aromatic heterocycles. The van der Waals surface area contributed by atoms with Crippen molar-refractivity contribution < 1.29 is 0 Å². The normalized spacial score (nSPS) is 22.8. The Balaban J connectivity index is 0.00000272. The van der Waals surface area contributed by atoms with E-state index in [1.54, 1.807) is 0 Å². The van der Waals surface area contributed by atoms with E-state index in [0.29, 0.717) is 12.0 Å². The van der Waals surface area contributed by atoms with Crippen LogP contribution in [0, 0.1) is 5.92 Å². The van der Waals surface area contributed by atoms with E-state index in [2.05, 4.69) is 68.6 Å². The number of pyridine rings is 1. The lowest BCUT2D eigenvalue weighted by molar-refractivity contribution is 0.128. The molecule has 31 heavy (non-hydrogen) atoms. The summed E-state index contributed by atoms with van der Waals surface area (Å²) in [5.74, 6) is 2.71. The van der Waals surface area contributed by atoms with Gasteiger partial charge in [-0.15, -0.1) is 35.3 Å². The second-order valence-electron chi connectivity index (χ2n) is 8.20. The number of likely N-dealkylation sites (tertiary alicyclic amines) is 1. The number of hydrogen-bond donors (Lipinski definition) is 1. The van der Waals surface area contributed by atoms with Crippen molar-refractivity contribution in [3.8, 4) is 0 Å². The molecule has 0 radical (unpaired) electrons. The van der Waals surface area contributed by atoms with Crippen LogP contribution in [-0.2, 0) is 0 Å². The van der Waals surface area contributed by atoms with Crippen molar-refractivity contribution in [1.29, 1.82) is 0 Å². The van der Waals surface area contributed by atoms with Crippen LogP contribution in [0.3, 0.4) is 0 Å². The lowest BCUT2D eigenvalue weighted by atomic mass is 9.88. The second kappa shape index (κ2) is 12.0. The Morgan fingerprint density at radius 1 is 1.16 bits per heavy atom. The first-order chi connectivity index (χ1) is 14.8. The maximum atomic E-state index is 5.13. The van der Waals surface area contributed by atoms with Gasteiger partial charge in [0.2, 0.25) is 0 Å². The average molecular weight is 555 g/mol. The van der Waals surface area contributed by atoms with Crippen molar-refractivity contribution in [3.63, 3.8) is 0 Å². The predicted molar refractivity (Wildman–Crippen MR) is 142 cm³/mol. The molecule has 0 spiro atoms. The third-order valence-corrected chi connectivity index (χ3v) is 7.15. The molecule has 2 atom stereocenters. The van der Waals surface area contributed by atoms with E-state index in [4.69, 9.17) is 4.99 Å². The molecule has 4 heterocycles. The molecule has 4 rings (SSSR count). The zero-order chi connectivity index (χ0) is 20.8. The van der Waals surface area contributed by atoms with Gasteiger partial charge in [-0.1, -0.05) is 12.1 Å². The number of anilines is 1. The van der Waals surface area contributed by atoms with E-state index in [9.17, 15) is 0 Å². The molecule has 2 aliphatic rings. The lowest BCUT2D eigenvalue weighted by Gasteiger charge is -2.39. The fourth-order valence-electron chi connectivity index (χ4n) is 4.68. The van der Waals surface area contributed by atoms with Gasteiger partial charge in [-0.05, 0) is 62.9 Å². The molecule has 2 unspecified atom stereocenters. The molecule has 2 aromatic rings. The number of halogens is 1. The number of piperazine rings is 1. The summed E-state index contributed by atoms with van der Waals surface area (Å²) >= 11 is 1.88. The van der Waals surface area contributed by atoms with E-state index >= 15 is 0 Å². The van der Waals surface area contributed by atoms with Crippen molar-refractivity contribution >= 4 is 47.1 Å². The highest BCUT2D eigenvalue weighted by Gasteiger charge is 2.31. The first-order valence-corrected chi connectivity index (χ1v) is 12.1. The highest BCUT2D eigenvalue weighted by Crippen LogP contribution is 2.37. The molecule has 2 fully saturated rings. The lowest BCUT2D eigenvalue weighted by Crippen LogP contribution is -2.53. The number of aromatic nitrogens is 1. The SMILES string of the molecule is CCNC(=NCC1CCCN(C)C1c1cccs1)N1CCN(c2ccccn2)CC1.I. The zero-order valence-corrected chi connectivity index (χ0v) is 21.8. The number of rotatable bonds is 5. The van der Waals surface area contributed by atoms with Gasteiger partial charge in [0.05, 0.1) is 0 Å². The molecule has 0 bridgehead atoms. The third-order valence-electron chi connectivity index (χ3n) is 6.20. The van der Waals surface area contributed by atoms with Gasteiger partial charge in [0, 0.05) is 56.4 Å². The van der Waals surface area contributed by atoms with Crippen LogP contribution in [0.5, 0.6) is 0 Å². The fourth-order valence-corrected chi connectivity index (χ4v) is 5.66. The largest absolute Gasteiger partial charge is 0.357 e. The summed E-state index contributed by atoms with van der Waals surface area (Å²) in [5, 5.41) is 5.74. The topological polar surface area (TPSA) is 47.0 Å². The van der Waals surface area contributed by atoms with Crippen molar-refractivity contribution in [2.45, 2.75) is 25.8 Å². The van der Waals surface area contributed by atoms with Gasteiger partial charge >= 0.3 is 0 Å². The van der Waals surface area contributed by atoms with E-state index in [1.165, 1.54) is 24.3 Å². The van der Waals surface area contributed by atoms with Crippen LogP contribution >= 0.6 is 35.3 Å². The van der Waals surface area contributed by atoms with E-state index in [0.717, 1.165) is 51.0 Å². The Hall–Kier alpha value is -1.39. The number of nitrogens with zero attached hydrogens (tertiary/aromatic N) is 5. The van der Waals surface area contributed by atoms with Crippen LogP contribution < -0.4 is 10.2 Å². The first kappa shape index (κ1) is 24.3. The Labute approximate surface area is 207 Å². The fraction of sp³-hybridized carbons (Fsp3) is 0.565. The standard InChI is InChI=1S/C23H34N6S.HI/c1-3-24-23(29-15-13-28(14-16-29)21-10-4-5-11-25-21)26-18-19-8-6-12-27(2)22(19)20-9-7-17-30-20;/h4-5,7,9-11,17,19,22H,3,6,8,12-16,18H2,1-2H3,(H,24,26);1H. The summed E-state index contributed by atoms with van der Waals surface area (Å²) in [6.07, 6.45) is 4.39. The minimum atomic E-state index is 0. The van der Waals surface area contributed by atoms with E-state index in [-0.39, 0.29) is 24.0 Å². The predicted octanol–water partition coefficient (Wildman–Crippen LogP) is 3.93. The molecular weight excluding hydrogens is 519 g/mol. The number of thiophene rings is 1. The van der Waals surface area contributed by atoms with Crippen LogP contribution in [0.1, 0.15) is 30.7 Å². The quantitative estimate of drug-likeness (QED) is 0.345. The summed E-state index contributed by atoms with van der Waals surface area (Å²) in [6, 6.07) is 11.1. The van der Waals surface area contributed by atoms with Gasteiger partial charge in [-0.2, -0.15) is 0 Å². The molecule has 2 saturated heterocycles. The van der Waals surface area contributed by atoms with Gasteiger partial charge in [0.1, 0.15) is 5.82 Å². The molecule has 2 aliphatic heterocycles. The van der Waals surface area contributed by atoms with Crippen LogP contribution in [-0.4, -0.2) is 73.6 Å². The Morgan fingerprint density at radius 2 is 2.00 bits per heavy atom. The highest BCUT2D eigenvalue weighted by atomic mass is 127. The molecule has 1 N–H and O–H groups in total. The summed E-state index contributed by atoms with van der Waals surface area (Å²) in [6.45, 7) is 9.02. The molecular formula is C23H35IN6S. The summed E-state index contributed by atoms with van der Waals surface area (Å²) in [5.41, 5.74) is 0. The van der Waals surface area contributed by atoms with Crippen LogP contribution in [0.2, 0.25) is 0 Å². The molecule has 6 nitrogen and oxygen atoms in total. The Kier molecular flexibility index (Phi) is 9.40. The maximum absolute atomic E-state index is 5.13. The minimum absolute atomic E-state index is 0. The Morgan fingerprint density at radius 3 is 2.68 bits per heavy atom. The average Bonchev–Trinajstić information content (AvgIpc) is 3.32. The van der Waals surface area contributed by atoms with Gasteiger partial charge in [-0.25, -0.2) is 4.98 Å². The molecule has 0 amide bonds. The van der Waals surface area contributed by atoms with Gasteiger partial charge in [-0.3, -0.25) is 9.89 Å². The van der Waals surface area contributed by atoms with Crippen molar-refractivity contribution in [1.82, 2.24) is 20.1 Å². The van der Waals surface area contributed by atoms with Crippen molar-refractivity contribution in [2.24, 2.45) is 10.9 Å². The van der Waals surface area contributed by atoms with Gasteiger partial charge < -0.3 is 15.1 Å². The first-order valence-electron chi connectivity index (χ1n) is 11.2. The summed E-state index contributed by atoms with van der Waals surface area (Å²) in [4.78, 5) is 18.4. The molecule has 0 aromatic carbocycles. The maximum Gasteiger partial charge on any atom is 0.194 e. The highest BCUT2D eigenvalue weighted by molar-refractivity contribution is 14.0. The zero-order valence-electron chi connectivity index (χ0n) is 18.6. The molecule has 170 valence electrons. The minimum Gasteiger partial charge on any atom is -0.357 e. The third kappa shape index (κ3) is 6.10. The smallest absolute Gasteiger partial charge is 0.194 e.